The maximum atomic E-state index is 14.2. The fraction of sp³-hybridized carbons (Fsp3) is 0.259. The van der Waals surface area contributed by atoms with Crippen molar-refractivity contribution in [3.63, 3.8) is 0 Å². The molecule has 1 amide bonds. The van der Waals surface area contributed by atoms with E-state index in [-0.39, 0.29) is 11.7 Å². The monoisotopic (exact) mass is 486 g/mol. The SMILES string of the molecule is COCCNCc1cc(C)nc(N2Cc3ccc(-c4ccc(F)cc4-c4nncn4C)cc3C2=O)c1. The van der Waals surface area contributed by atoms with E-state index in [2.05, 4.69) is 20.5 Å². The molecule has 0 radical (unpaired) electrons. The highest BCUT2D eigenvalue weighted by Crippen LogP contribution is 2.35. The number of halogens is 1. The number of methoxy groups -OCH3 is 1. The van der Waals surface area contributed by atoms with Gasteiger partial charge in [0.1, 0.15) is 18.0 Å². The number of pyridine rings is 1. The Morgan fingerprint density at radius 3 is 2.72 bits per heavy atom. The minimum absolute atomic E-state index is 0.106. The van der Waals surface area contributed by atoms with E-state index in [4.69, 9.17) is 4.74 Å². The fourth-order valence-corrected chi connectivity index (χ4v) is 4.50. The van der Waals surface area contributed by atoms with Crippen molar-refractivity contribution in [2.45, 2.75) is 20.0 Å². The average Bonchev–Trinajstić information content (AvgIpc) is 3.44. The third-order valence-corrected chi connectivity index (χ3v) is 6.25. The molecule has 1 aliphatic heterocycles. The topological polar surface area (TPSA) is 85.2 Å². The van der Waals surface area contributed by atoms with Crippen LogP contribution in [-0.4, -0.2) is 45.9 Å². The van der Waals surface area contributed by atoms with Gasteiger partial charge >= 0.3 is 0 Å². The Hall–Kier alpha value is -3.95. The molecule has 5 rings (SSSR count). The number of hydrogen-bond acceptors (Lipinski definition) is 6. The van der Waals surface area contributed by atoms with Crippen molar-refractivity contribution >= 4 is 11.7 Å². The highest BCUT2D eigenvalue weighted by Gasteiger charge is 2.30. The van der Waals surface area contributed by atoms with E-state index in [0.717, 1.165) is 34.5 Å². The zero-order valence-corrected chi connectivity index (χ0v) is 20.5. The first-order chi connectivity index (χ1) is 17.4. The molecule has 36 heavy (non-hydrogen) atoms. The van der Waals surface area contributed by atoms with Crippen molar-refractivity contribution in [2.75, 3.05) is 25.2 Å². The number of ether oxygens (including phenoxy) is 1. The first-order valence-corrected chi connectivity index (χ1v) is 11.7. The lowest BCUT2D eigenvalue weighted by atomic mass is 9.96. The molecule has 1 N–H and O–H groups in total. The number of anilines is 1. The van der Waals surface area contributed by atoms with Gasteiger partial charge in [-0.05, 0) is 59.5 Å². The third kappa shape index (κ3) is 4.62. The number of fused-ring (bicyclic) bond motifs is 1. The van der Waals surface area contributed by atoms with Crippen LogP contribution < -0.4 is 10.2 Å². The van der Waals surface area contributed by atoms with Gasteiger partial charge in [-0.2, -0.15) is 0 Å². The van der Waals surface area contributed by atoms with Crippen molar-refractivity contribution in [2.24, 2.45) is 7.05 Å². The molecule has 0 spiro atoms. The van der Waals surface area contributed by atoms with Gasteiger partial charge in [0.2, 0.25) is 0 Å². The lowest BCUT2D eigenvalue weighted by Crippen LogP contribution is -2.25. The Labute approximate surface area is 208 Å². The van der Waals surface area contributed by atoms with Crippen LogP contribution in [0.3, 0.4) is 0 Å². The standard InChI is InChI=1S/C27H27FN6O2/c1-17-10-18(14-29-8-9-36-3)11-25(31-17)34-15-20-5-4-19(12-23(20)27(34)35)22-7-6-21(28)13-24(22)26-32-30-16-33(26)2/h4-7,10-13,16,29H,8-9,14-15H2,1-3H3. The molecule has 4 aromatic rings. The average molecular weight is 487 g/mol. The van der Waals surface area contributed by atoms with Crippen LogP contribution in [0.25, 0.3) is 22.5 Å². The molecule has 184 valence electrons. The Morgan fingerprint density at radius 1 is 1.08 bits per heavy atom. The van der Waals surface area contributed by atoms with Crippen molar-refractivity contribution < 1.29 is 13.9 Å². The van der Waals surface area contributed by atoms with Crippen molar-refractivity contribution in [1.29, 1.82) is 0 Å². The molecule has 0 saturated heterocycles. The van der Waals surface area contributed by atoms with Crippen LogP contribution >= 0.6 is 0 Å². The van der Waals surface area contributed by atoms with Crippen LogP contribution in [-0.2, 0) is 24.9 Å². The van der Waals surface area contributed by atoms with E-state index in [9.17, 15) is 9.18 Å². The number of carbonyl (C=O) groups excluding carboxylic acids is 1. The molecule has 2 aromatic carbocycles. The quantitative estimate of drug-likeness (QED) is 0.381. The van der Waals surface area contributed by atoms with Crippen molar-refractivity contribution in [3.05, 3.63) is 83.1 Å². The highest BCUT2D eigenvalue weighted by atomic mass is 19.1. The van der Waals surface area contributed by atoms with E-state index in [1.165, 1.54) is 12.1 Å². The van der Waals surface area contributed by atoms with Gasteiger partial charge < -0.3 is 14.6 Å². The second-order valence-electron chi connectivity index (χ2n) is 8.86. The summed E-state index contributed by atoms with van der Waals surface area (Å²) >= 11 is 0. The largest absolute Gasteiger partial charge is 0.383 e. The van der Waals surface area contributed by atoms with Gasteiger partial charge in [-0.1, -0.05) is 18.2 Å². The Bertz CT molecular complexity index is 1430. The molecule has 2 aromatic heterocycles. The van der Waals surface area contributed by atoms with Crippen LogP contribution in [0.15, 0.2) is 54.9 Å². The lowest BCUT2D eigenvalue weighted by molar-refractivity contribution is 0.0996. The van der Waals surface area contributed by atoms with E-state index in [1.807, 2.05) is 44.3 Å². The minimum Gasteiger partial charge on any atom is -0.383 e. The minimum atomic E-state index is -0.363. The fourth-order valence-electron chi connectivity index (χ4n) is 4.50. The molecular weight excluding hydrogens is 459 g/mol. The van der Waals surface area contributed by atoms with Gasteiger partial charge in [-0.15, -0.1) is 10.2 Å². The molecule has 1 aliphatic rings. The van der Waals surface area contributed by atoms with Gasteiger partial charge in [0.25, 0.3) is 5.91 Å². The van der Waals surface area contributed by atoms with Gasteiger partial charge in [0.15, 0.2) is 5.82 Å². The lowest BCUT2D eigenvalue weighted by Gasteiger charge is -2.17. The van der Waals surface area contributed by atoms with Crippen LogP contribution in [0.1, 0.15) is 27.2 Å². The van der Waals surface area contributed by atoms with E-state index in [1.54, 1.807) is 29.0 Å². The molecule has 0 atom stereocenters. The Balaban J connectivity index is 1.45. The summed E-state index contributed by atoms with van der Waals surface area (Å²) in [6.07, 6.45) is 1.57. The second kappa shape index (κ2) is 9.96. The maximum Gasteiger partial charge on any atom is 0.260 e. The van der Waals surface area contributed by atoms with Gasteiger partial charge in [0, 0.05) is 44.1 Å². The van der Waals surface area contributed by atoms with E-state index >= 15 is 0 Å². The van der Waals surface area contributed by atoms with Crippen LogP contribution in [0, 0.1) is 12.7 Å². The maximum absolute atomic E-state index is 14.2. The van der Waals surface area contributed by atoms with Gasteiger partial charge in [0.05, 0.1) is 13.2 Å². The summed E-state index contributed by atoms with van der Waals surface area (Å²) in [5.41, 5.74) is 5.64. The molecule has 0 bridgehead atoms. The van der Waals surface area contributed by atoms with Crippen LogP contribution in [0.5, 0.6) is 0 Å². The molecule has 9 heteroatoms. The first kappa shape index (κ1) is 23.8. The highest BCUT2D eigenvalue weighted by molar-refractivity contribution is 6.10. The number of amides is 1. The predicted octanol–water partition coefficient (Wildman–Crippen LogP) is 3.89. The number of hydrogen-bond donors (Lipinski definition) is 1. The molecule has 0 aliphatic carbocycles. The molecular formula is C27H27FN6O2. The van der Waals surface area contributed by atoms with Crippen LogP contribution in [0.4, 0.5) is 10.2 Å². The summed E-state index contributed by atoms with van der Waals surface area (Å²) in [5.74, 6) is 0.708. The summed E-state index contributed by atoms with van der Waals surface area (Å²) in [7, 11) is 3.48. The Morgan fingerprint density at radius 2 is 1.94 bits per heavy atom. The number of carbonyl (C=O) groups is 1. The summed E-state index contributed by atoms with van der Waals surface area (Å²) in [5, 5.41) is 11.4. The summed E-state index contributed by atoms with van der Waals surface area (Å²) in [6, 6.07) is 14.3. The number of nitrogens with zero attached hydrogens (tertiary/aromatic N) is 5. The number of aryl methyl sites for hydroxylation is 2. The normalized spacial score (nSPS) is 12.9. The first-order valence-electron chi connectivity index (χ1n) is 11.7. The molecule has 0 unspecified atom stereocenters. The van der Waals surface area contributed by atoms with Crippen molar-refractivity contribution in [1.82, 2.24) is 25.1 Å². The summed E-state index contributed by atoms with van der Waals surface area (Å²) in [6.45, 7) is 4.40. The third-order valence-electron chi connectivity index (χ3n) is 6.25. The molecule has 8 nitrogen and oxygen atoms in total. The molecule has 3 heterocycles. The number of benzene rings is 2. The summed E-state index contributed by atoms with van der Waals surface area (Å²) in [4.78, 5) is 19.8. The number of aromatic nitrogens is 4. The number of nitrogens with one attached hydrogen (secondary N) is 1. The van der Waals surface area contributed by atoms with Crippen LogP contribution in [0.2, 0.25) is 0 Å². The predicted molar refractivity (Wildman–Crippen MR) is 135 cm³/mol. The molecule has 0 fully saturated rings. The summed E-state index contributed by atoms with van der Waals surface area (Å²) < 4.78 is 21.0. The van der Waals surface area contributed by atoms with Gasteiger partial charge in [-0.25, -0.2) is 9.37 Å². The smallest absolute Gasteiger partial charge is 0.260 e. The zero-order chi connectivity index (χ0) is 25.2. The molecule has 0 saturated carbocycles. The second-order valence-corrected chi connectivity index (χ2v) is 8.86. The van der Waals surface area contributed by atoms with E-state index in [0.29, 0.717) is 42.5 Å². The number of rotatable bonds is 8. The van der Waals surface area contributed by atoms with Gasteiger partial charge in [-0.3, -0.25) is 9.69 Å². The zero-order valence-electron chi connectivity index (χ0n) is 20.5. The van der Waals surface area contributed by atoms with Crippen molar-refractivity contribution in [3.8, 4) is 22.5 Å². The Kier molecular flexibility index (Phi) is 6.58. The van der Waals surface area contributed by atoms with E-state index < -0.39 is 0 Å².